The van der Waals surface area contributed by atoms with Crippen LogP contribution in [0.5, 0.6) is 0 Å². The van der Waals surface area contributed by atoms with Gasteiger partial charge in [0.25, 0.3) is 15.3 Å². The number of amides is 1. The number of hydrogen-bond donors (Lipinski definition) is 2. The Balaban J connectivity index is 1.59. The highest BCUT2D eigenvalue weighted by atomic mass is 32.2. The number of carbonyl (C=O) groups is 1. The lowest BCUT2D eigenvalue weighted by Gasteiger charge is -2.25. The Morgan fingerprint density at radius 3 is 2.37 bits per heavy atom. The van der Waals surface area contributed by atoms with E-state index in [0.717, 1.165) is 32.4 Å². The van der Waals surface area contributed by atoms with Crippen LogP contribution in [0.2, 0.25) is 0 Å². The van der Waals surface area contributed by atoms with E-state index >= 15 is 0 Å². The van der Waals surface area contributed by atoms with Crippen molar-refractivity contribution in [1.82, 2.24) is 10.0 Å². The highest BCUT2D eigenvalue weighted by molar-refractivity contribution is 8.12. The van der Waals surface area contributed by atoms with Crippen LogP contribution >= 0.6 is 23.3 Å². The number of hydrogen-bond acceptors (Lipinski definition) is 6. The molecule has 1 saturated heterocycles. The minimum Gasteiger partial charge on any atom is -0.326 e. The van der Waals surface area contributed by atoms with Crippen molar-refractivity contribution in [3.8, 4) is 0 Å². The molecule has 0 radical (unpaired) electrons. The van der Waals surface area contributed by atoms with Crippen LogP contribution in [0.25, 0.3) is 10.1 Å². The molecule has 0 bridgehead atoms. The maximum atomic E-state index is 13.9. The van der Waals surface area contributed by atoms with Crippen molar-refractivity contribution in [3.05, 3.63) is 94.8 Å². The summed E-state index contributed by atoms with van der Waals surface area (Å²) in [6, 6.07) is 15.6. The minimum atomic E-state index is -4.94. The lowest BCUT2D eigenvalue weighted by Crippen LogP contribution is -2.30. The largest absolute Gasteiger partial charge is 0.419 e. The van der Waals surface area contributed by atoms with Crippen molar-refractivity contribution >= 4 is 53.6 Å². The third-order valence-corrected chi connectivity index (χ3v) is 9.87. The average molecular weight is 582 g/mol. The lowest BCUT2D eigenvalue weighted by molar-refractivity contribution is -0.140. The summed E-state index contributed by atoms with van der Waals surface area (Å²) >= 11 is 2.09. The summed E-state index contributed by atoms with van der Waals surface area (Å²) in [5.74, 6) is -1.44. The van der Waals surface area contributed by atoms with Crippen molar-refractivity contribution in [3.63, 3.8) is 0 Å². The summed E-state index contributed by atoms with van der Waals surface area (Å²) in [6.45, 7) is 1.30. The van der Waals surface area contributed by atoms with Crippen LogP contribution in [0.4, 0.5) is 27.4 Å². The Labute approximate surface area is 223 Å². The molecular weight excluding hydrogens is 562 g/mol. The fourth-order valence-electron chi connectivity index (χ4n) is 4.12. The molecule has 6 nitrogen and oxygen atoms in total. The number of alkyl halides is 3. The van der Waals surface area contributed by atoms with Gasteiger partial charge in [0.2, 0.25) is 0 Å². The molecule has 38 heavy (non-hydrogen) atoms. The molecule has 4 aromatic rings. The number of benzene rings is 3. The number of carbonyl (C=O) groups excluding carboxylic acids is 1. The van der Waals surface area contributed by atoms with Crippen molar-refractivity contribution < 1.29 is 30.8 Å². The molecule has 1 aliphatic heterocycles. The van der Waals surface area contributed by atoms with Gasteiger partial charge in [-0.25, -0.2) is 17.5 Å². The molecule has 0 spiro atoms. The molecule has 13 heteroatoms. The molecule has 1 atom stereocenters. The van der Waals surface area contributed by atoms with Gasteiger partial charge in [-0.3, -0.25) is 9.10 Å². The molecule has 0 saturated carbocycles. The summed E-state index contributed by atoms with van der Waals surface area (Å²) in [6.07, 6.45) is -5.43. The Morgan fingerprint density at radius 1 is 1.03 bits per heavy atom. The molecule has 1 unspecified atom stereocenters. The molecule has 2 N–H and O–H groups in total. The highest BCUT2D eigenvalue weighted by Crippen LogP contribution is 2.41. The molecular formula is C25H19F4N3O3S3. The number of thiophene rings is 1. The van der Waals surface area contributed by atoms with Gasteiger partial charge in [0, 0.05) is 16.6 Å². The van der Waals surface area contributed by atoms with Gasteiger partial charge in [-0.15, -0.1) is 11.3 Å². The first-order valence-corrected chi connectivity index (χ1v) is 14.2. The fourth-order valence-corrected chi connectivity index (χ4v) is 7.65. The predicted molar refractivity (Wildman–Crippen MR) is 140 cm³/mol. The Morgan fingerprint density at radius 2 is 1.74 bits per heavy atom. The van der Waals surface area contributed by atoms with E-state index < -0.39 is 40.3 Å². The Kier molecular flexibility index (Phi) is 6.88. The summed E-state index contributed by atoms with van der Waals surface area (Å²) in [5.41, 5.74) is -0.210. The minimum absolute atomic E-state index is 0.0225. The normalized spacial score (nSPS) is 16.1. The summed E-state index contributed by atoms with van der Waals surface area (Å²) in [5, 5.41) is 3.58. The third-order valence-electron chi connectivity index (χ3n) is 6.04. The first-order chi connectivity index (χ1) is 17.9. The standard InChI is InChI=1S/C25H19F4N3O3S3/c1-14-18-4-2-3-5-21(18)36-23(14)32(13-15-6-11-20(26)19(12-15)25(27,28)29)38(34,35)17-9-7-16(8-10-17)22-30-24(33)37-31-22/h2-12,22,31H,13H2,1H3,(H,30,33). The zero-order valence-corrected chi connectivity index (χ0v) is 22.0. The van der Waals surface area contributed by atoms with E-state index in [4.69, 9.17) is 0 Å². The number of nitrogens with one attached hydrogen (secondary N) is 2. The topological polar surface area (TPSA) is 78.5 Å². The van der Waals surface area contributed by atoms with E-state index in [9.17, 15) is 30.8 Å². The summed E-state index contributed by atoms with van der Waals surface area (Å²) in [7, 11) is -4.28. The van der Waals surface area contributed by atoms with E-state index in [1.807, 2.05) is 24.3 Å². The lowest BCUT2D eigenvalue weighted by atomic mass is 10.1. The molecule has 1 fully saturated rings. The summed E-state index contributed by atoms with van der Waals surface area (Å²) < 4.78 is 86.7. The van der Waals surface area contributed by atoms with Gasteiger partial charge >= 0.3 is 6.18 Å². The molecule has 0 aliphatic carbocycles. The van der Waals surface area contributed by atoms with E-state index in [1.54, 1.807) is 19.1 Å². The van der Waals surface area contributed by atoms with E-state index in [-0.39, 0.29) is 15.7 Å². The quantitative estimate of drug-likeness (QED) is 0.195. The van der Waals surface area contributed by atoms with E-state index in [2.05, 4.69) is 10.0 Å². The first kappa shape index (κ1) is 26.5. The van der Waals surface area contributed by atoms with E-state index in [1.165, 1.54) is 23.5 Å². The molecule has 1 aliphatic rings. The smallest absolute Gasteiger partial charge is 0.326 e. The number of sulfonamides is 1. The third kappa shape index (κ3) is 4.98. The van der Waals surface area contributed by atoms with Crippen LogP contribution in [0.3, 0.4) is 0 Å². The predicted octanol–water partition coefficient (Wildman–Crippen LogP) is 6.72. The van der Waals surface area contributed by atoms with Gasteiger partial charge in [-0.05, 0) is 59.3 Å². The second kappa shape index (κ2) is 9.88. The summed E-state index contributed by atoms with van der Waals surface area (Å²) in [4.78, 5) is 11.4. The van der Waals surface area contributed by atoms with Gasteiger partial charge in [-0.1, -0.05) is 36.4 Å². The van der Waals surface area contributed by atoms with Gasteiger partial charge in [0.15, 0.2) is 0 Å². The van der Waals surface area contributed by atoms with Crippen LogP contribution in [0.1, 0.15) is 28.4 Å². The van der Waals surface area contributed by atoms with Gasteiger partial charge in [-0.2, -0.15) is 13.2 Å². The number of aryl methyl sites for hydroxylation is 1. The van der Waals surface area contributed by atoms with Crippen molar-refractivity contribution in [1.29, 1.82) is 0 Å². The average Bonchev–Trinajstić information content (AvgIpc) is 3.46. The Bertz CT molecular complexity index is 1640. The number of nitrogens with zero attached hydrogens (tertiary/aromatic N) is 1. The van der Waals surface area contributed by atoms with Crippen LogP contribution in [0.15, 0.2) is 71.6 Å². The number of fused-ring (bicyclic) bond motifs is 1. The zero-order valence-electron chi connectivity index (χ0n) is 19.5. The monoisotopic (exact) mass is 581 g/mol. The maximum absolute atomic E-state index is 13.9. The second-order valence-corrected chi connectivity index (χ2v) is 12.2. The van der Waals surface area contributed by atoms with Crippen molar-refractivity contribution in [2.24, 2.45) is 0 Å². The first-order valence-electron chi connectivity index (χ1n) is 11.1. The molecule has 1 amide bonds. The molecule has 198 valence electrons. The number of halogens is 4. The molecule has 5 rings (SSSR count). The molecule has 1 aromatic heterocycles. The fraction of sp³-hybridized carbons (Fsp3) is 0.160. The van der Waals surface area contributed by atoms with Crippen LogP contribution in [-0.4, -0.2) is 13.7 Å². The molecule has 3 aromatic carbocycles. The van der Waals surface area contributed by atoms with Gasteiger partial charge in [0.05, 0.1) is 17.0 Å². The van der Waals surface area contributed by atoms with E-state index in [0.29, 0.717) is 28.3 Å². The van der Waals surface area contributed by atoms with Crippen LogP contribution in [0, 0.1) is 12.7 Å². The van der Waals surface area contributed by atoms with Crippen molar-refractivity contribution in [2.45, 2.75) is 30.7 Å². The SMILES string of the molecule is Cc1c(N(Cc2ccc(F)c(C(F)(F)F)c2)S(=O)(=O)c2ccc(C3NSC(=O)N3)cc2)sc2ccccc12. The second-order valence-electron chi connectivity index (χ2n) is 8.51. The Hall–Kier alpha value is -3.13. The maximum Gasteiger partial charge on any atom is 0.419 e. The highest BCUT2D eigenvalue weighted by Gasteiger charge is 2.35. The molecule has 2 heterocycles. The van der Waals surface area contributed by atoms with Gasteiger partial charge < -0.3 is 5.32 Å². The van der Waals surface area contributed by atoms with Crippen molar-refractivity contribution in [2.75, 3.05) is 4.31 Å². The van der Waals surface area contributed by atoms with Crippen LogP contribution in [-0.2, 0) is 22.7 Å². The van der Waals surface area contributed by atoms with Crippen LogP contribution < -0.4 is 14.3 Å². The van der Waals surface area contributed by atoms with Gasteiger partial charge in [0.1, 0.15) is 17.0 Å². The number of anilines is 1. The zero-order chi connectivity index (χ0) is 27.2. The number of rotatable bonds is 6.